The Labute approximate surface area is 149 Å². The van der Waals surface area contributed by atoms with Crippen molar-refractivity contribution in [2.75, 3.05) is 23.8 Å². The fourth-order valence-corrected chi connectivity index (χ4v) is 2.36. The molecule has 6 nitrogen and oxygen atoms in total. The number of likely N-dealkylation sites (N-methyl/N-ethyl adjacent to an activating group) is 1. The first-order valence-corrected chi connectivity index (χ1v) is 8.01. The Bertz CT molecular complexity index is 846. The van der Waals surface area contributed by atoms with E-state index in [1.165, 1.54) is 23.9 Å². The van der Waals surface area contributed by atoms with Crippen LogP contribution in [0.1, 0.15) is 5.56 Å². The lowest BCUT2D eigenvalue weighted by Gasteiger charge is -2.17. The number of rotatable bonds is 6. The molecule has 8 heteroatoms. The quantitative estimate of drug-likeness (QED) is 0.727. The van der Waals surface area contributed by atoms with Gasteiger partial charge in [-0.25, -0.2) is 4.39 Å². The molecule has 0 fully saturated rings. The molecule has 0 aliphatic heterocycles. The molecule has 0 bridgehead atoms. The van der Waals surface area contributed by atoms with Gasteiger partial charge in [-0.2, -0.15) is 10.1 Å². The first kappa shape index (κ1) is 17.0. The Kier molecular flexibility index (Phi) is 5.35. The van der Waals surface area contributed by atoms with Crippen molar-refractivity contribution in [2.24, 2.45) is 0 Å². The number of aromatic nitrogens is 4. The largest absolute Gasteiger partial charge is 0.342 e. The Morgan fingerprint density at radius 1 is 1.20 bits per heavy atom. The minimum absolute atomic E-state index is 0.0432. The number of nitrogens with zero attached hydrogens (tertiary/aromatic N) is 5. The number of benzene rings is 1. The molecule has 1 N–H and O–H groups in total. The predicted octanol–water partition coefficient (Wildman–Crippen LogP) is 3.48. The van der Waals surface area contributed by atoms with Crippen molar-refractivity contribution >= 4 is 29.1 Å². The molecule has 3 rings (SSSR count). The molecule has 0 aliphatic rings. The molecular formula is C17H16ClFN6. The van der Waals surface area contributed by atoms with Crippen LogP contribution in [-0.4, -0.2) is 33.8 Å². The molecular weight excluding hydrogens is 343 g/mol. The van der Waals surface area contributed by atoms with Crippen molar-refractivity contribution in [3.05, 3.63) is 65.3 Å². The second-order valence-corrected chi connectivity index (χ2v) is 5.83. The van der Waals surface area contributed by atoms with Gasteiger partial charge in [0.15, 0.2) is 5.82 Å². The van der Waals surface area contributed by atoms with Crippen LogP contribution in [0.5, 0.6) is 0 Å². The zero-order valence-electron chi connectivity index (χ0n) is 13.5. The zero-order valence-corrected chi connectivity index (χ0v) is 14.3. The van der Waals surface area contributed by atoms with E-state index in [-0.39, 0.29) is 5.02 Å². The fourth-order valence-electron chi connectivity index (χ4n) is 2.18. The van der Waals surface area contributed by atoms with Gasteiger partial charge in [0.2, 0.25) is 5.95 Å². The molecule has 2 aromatic heterocycles. The second-order valence-electron chi connectivity index (χ2n) is 5.42. The van der Waals surface area contributed by atoms with Gasteiger partial charge in [-0.05, 0) is 42.3 Å². The van der Waals surface area contributed by atoms with Crippen molar-refractivity contribution < 1.29 is 4.39 Å². The number of anilines is 3. The van der Waals surface area contributed by atoms with Gasteiger partial charge < -0.3 is 10.2 Å². The average molecular weight is 359 g/mol. The van der Waals surface area contributed by atoms with E-state index in [1.54, 1.807) is 18.5 Å². The summed E-state index contributed by atoms with van der Waals surface area (Å²) in [5, 5.41) is 11.1. The summed E-state index contributed by atoms with van der Waals surface area (Å²) in [6.45, 7) is 0.734. The molecule has 0 amide bonds. The fraction of sp³-hybridized carbons (Fsp3) is 0.176. The number of pyridine rings is 1. The summed E-state index contributed by atoms with van der Waals surface area (Å²) in [6.07, 6.45) is 5.88. The first-order chi connectivity index (χ1) is 12.1. The van der Waals surface area contributed by atoms with Crippen LogP contribution in [0.3, 0.4) is 0 Å². The van der Waals surface area contributed by atoms with Crippen LogP contribution in [0.25, 0.3) is 0 Å². The Hall–Kier alpha value is -2.80. The maximum Gasteiger partial charge on any atom is 0.247 e. The van der Waals surface area contributed by atoms with Crippen molar-refractivity contribution in [1.29, 1.82) is 0 Å². The van der Waals surface area contributed by atoms with E-state index in [4.69, 9.17) is 11.6 Å². The third kappa shape index (κ3) is 4.60. The van der Waals surface area contributed by atoms with Crippen LogP contribution in [0, 0.1) is 5.82 Å². The molecule has 0 spiro atoms. The summed E-state index contributed by atoms with van der Waals surface area (Å²) in [5.41, 5.74) is 1.81. The van der Waals surface area contributed by atoms with Crippen LogP contribution in [-0.2, 0) is 6.42 Å². The third-order valence-electron chi connectivity index (χ3n) is 3.57. The maximum atomic E-state index is 13.2. The van der Waals surface area contributed by atoms with E-state index >= 15 is 0 Å². The summed E-state index contributed by atoms with van der Waals surface area (Å²) < 4.78 is 13.2. The van der Waals surface area contributed by atoms with E-state index < -0.39 is 5.82 Å². The Morgan fingerprint density at radius 3 is 2.76 bits per heavy atom. The second kappa shape index (κ2) is 7.85. The highest BCUT2D eigenvalue weighted by molar-refractivity contribution is 6.31. The molecule has 2 heterocycles. The zero-order chi connectivity index (χ0) is 17.6. The van der Waals surface area contributed by atoms with Gasteiger partial charge in [-0.3, -0.25) is 4.98 Å². The van der Waals surface area contributed by atoms with E-state index in [2.05, 4.69) is 25.5 Å². The highest BCUT2D eigenvalue weighted by atomic mass is 35.5. The van der Waals surface area contributed by atoms with E-state index in [9.17, 15) is 4.39 Å². The Balaban J connectivity index is 1.66. The SMILES string of the molecule is CN(CCc1ccncc1)c1nncc(Nc2ccc(F)c(Cl)c2)n1. The predicted molar refractivity (Wildman–Crippen MR) is 95.7 cm³/mol. The molecule has 0 aliphatic carbocycles. The van der Waals surface area contributed by atoms with E-state index in [0.29, 0.717) is 17.5 Å². The van der Waals surface area contributed by atoms with Crippen LogP contribution >= 0.6 is 11.6 Å². The molecule has 0 atom stereocenters. The van der Waals surface area contributed by atoms with Crippen molar-refractivity contribution in [3.8, 4) is 0 Å². The van der Waals surface area contributed by atoms with Crippen molar-refractivity contribution in [1.82, 2.24) is 20.2 Å². The minimum Gasteiger partial charge on any atom is -0.342 e. The third-order valence-corrected chi connectivity index (χ3v) is 3.86. The van der Waals surface area contributed by atoms with Crippen LogP contribution < -0.4 is 10.2 Å². The monoisotopic (exact) mass is 358 g/mol. The highest BCUT2D eigenvalue weighted by Crippen LogP contribution is 2.22. The smallest absolute Gasteiger partial charge is 0.247 e. The number of hydrogen-bond acceptors (Lipinski definition) is 6. The lowest BCUT2D eigenvalue weighted by molar-refractivity contribution is 0.628. The van der Waals surface area contributed by atoms with Gasteiger partial charge >= 0.3 is 0 Å². The summed E-state index contributed by atoms with van der Waals surface area (Å²) >= 11 is 5.79. The standard InChI is InChI=1S/C17H16ClFN6/c1-25(9-6-12-4-7-20-8-5-12)17-23-16(11-21-24-17)22-13-2-3-15(19)14(18)10-13/h2-5,7-8,10-11H,6,9H2,1H3,(H,22,23,24). The highest BCUT2D eigenvalue weighted by Gasteiger charge is 2.08. The van der Waals surface area contributed by atoms with Gasteiger partial charge in [-0.15, -0.1) is 5.10 Å². The topological polar surface area (TPSA) is 66.8 Å². The number of halogens is 2. The summed E-state index contributed by atoms with van der Waals surface area (Å²) in [7, 11) is 1.90. The van der Waals surface area contributed by atoms with Crippen LogP contribution in [0.4, 0.5) is 21.8 Å². The molecule has 0 saturated carbocycles. The summed E-state index contributed by atoms with van der Waals surface area (Å²) in [4.78, 5) is 10.3. The Morgan fingerprint density at radius 2 is 2.00 bits per heavy atom. The maximum absolute atomic E-state index is 13.2. The molecule has 1 aromatic carbocycles. The summed E-state index contributed by atoms with van der Waals surface area (Å²) in [6, 6.07) is 8.31. The van der Waals surface area contributed by atoms with E-state index in [0.717, 1.165) is 13.0 Å². The lowest BCUT2D eigenvalue weighted by Crippen LogP contribution is -2.23. The molecule has 128 valence electrons. The number of hydrogen-bond donors (Lipinski definition) is 1. The molecule has 0 radical (unpaired) electrons. The van der Waals surface area contributed by atoms with Crippen LogP contribution in [0.15, 0.2) is 48.9 Å². The minimum atomic E-state index is -0.468. The van der Waals surface area contributed by atoms with Crippen molar-refractivity contribution in [3.63, 3.8) is 0 Å². The normalized spacial score (nSPS) is 10.5. The van der Waals surface area contributed by atoms with Gasteiger partial charge in [0.05, 0.1) is 11.2 Å². The average Bonchev–Trinajstić information content (AvgIpc) is 2.64. The number of nitrogens with one attached hydrogen (secondary N) is 1. The van der Waals surface area contributed by atoms with Crippen LogP contribution in [0.2, 0.25) is 5.02 Å². The van der Waals surface area contributed by atoms with Gasteiger partial charge in [0.1, 0.15) is 5.82 Å². The van der Waals surface area contributed by atoms with E-state index in [1.807, 2.05) is 24.1 Å². The lowest BCUT2D eigenvalue weighted by atomic mass is 10.2. The molecule has 3 aromatic rings. The molecule has 0 saturated heterocycles. The van der Waals surface area contributed by atoms with Gasteiger partial charge in [0.25, 0.3) is 0 Å². The summed E-state index contributed by atoms with van der Waals surface area (Å²) in [5.74, 6) is 0.528. The molecule has 25 heavy (non-hydrogen) atoms. The molecule has 0 unspecified atom stereocenters. The first-order valence-electron chi connectivity index (χ1n) is 7.63. The van der Waals surface area contributed by atoms with Crippen molar-refractivity contribution in [2.45, 2.75) is 6.42 Å². The van der Waals surface area contributed by atoms with Gasteiger partial charge in [0, 0.05) is 31.7 Å². The van der Waals surface area contributed by atoms with Gasteiger partial charge in [-0.1, -0.05) is 11.6 Å².